The molecule has 1 aromatic heterocycles. The van der Waals surface area contributed by atoms with E-state index in [4.69, 9.17) is 9.47 Å². The molecule has 9 heteroatoms. The number of rotatable bonds is 6. The summed E-state index contributed by atoms with van der Waals surface area (Å²) in [6, 6.07) is 13.2. The second-order valence-electron chi connectivity index (χ2n) is 7.53. The molecule has 6 nitrogen and oxygen atoms in total. The Labute approximate surface area is 183 Å². The molecule has 1 aliphatic rings. The van der Waals surface area contributed by atoms with Crippen LogP contribution in [0.4, 0.5) is 19.0 Å². The van der Waals surface area contributed by atoms with Crippen LogP contribution in [0.15, 0.2) is 54.6 Å². The average molecular weight is 445 g/mol. The van der Waals surface area contributed by atoms with Crippen LogP contribution in [-0.4, -0.2) is 35.0 Å². The number of hydrogen-bond donors (Lipinski definition) is 1. The lowest BCUT2D eigenvalue weighted by atomic mass is 10.1. The van der Waals surface area contributed by atoms with Crippen molar-refractivity contribution in [1.82, 2.24) is 9.78 Å². The highest BCUT2D eigenvalue weighted by Gasteiger charge is 2.34. The summed E-state index contributed by atoms with van der Waals surface area (Å²) in [5.74, 6) is 0.160. The number of carbonyl (C=O) groups excluding carboxylic acids is 1. The average Bonchev–Trinajstić information content (AvgIpc) is 3.41. The molecule has 1 unspecified atom stereocenters. The van der Waals surface area contributed by atoms with E-state index in [0.29, 0.717) is 23.6 Å². The van der Waals surface area contributed by atoms with Crippen LogP contribution in [0.1, 0.15) is 34.5 Å². The largest absolute Gasteiger partial charge is 0.491 e. The third-order valence-corrected chi connectivity index (χ3v) is 5.07. The lowest BCUT2D eigenvalue weighted by Crippen LogP contribution is -2.18. The summed E-state index contributed by atoms with van der Waals surface area (Å²) in [7, 11) is 0. The van der Waals surface area contributed by atoms with Gasteiger partial charge in [0.2, 0.25) is 0 Å². The smallest absolute Gasteiger partial charge is 0.418 e. The summed E-state index contributed by atoms with van der Waals surface area (Å²) in [6.07, 6.45) is -2.59. The van der Waals surface area contributed by atoms with Crippen LogP contribution >= 0.6 is 0 Å². The van der Waals surface area contributed by atoms with E-state index in [-0.39, 0.29) is 17.6 Å². The third-order valence-electron chi connectivity index (χ3n) is 5.07. The number of halogens is 3. The zero-order chi connectivity index (χ0) is 22.7. The molecule has 1 amide bonds. The SMILES string of the molecule is Cc1cc(NC(=O)c2cccc(OCC3CCCO3)c2)n(-c2ccccc2C(F)(F)F)n1. The Morgan fingerprint density at radius 2 is 2.03 bits per heavy atom. The Kier molecular flexibility index (Phi) is 6.18. The fraction of sp³-hybridized carbons (Fsp3) is 0.304. The van der Waals surface area contributed by atoms with Crippen LogP contribution in [0.3, 0.4) is 0 Å². The van der Waals surface area contributed by atoms with Gasteiger partial charge in [-0.2, -0.15) is 18.3 Å². The van der Waals surface area contributed by atoms with Crippen molar-refractivity contribution in [3.63, 3.8) is 0 Å². The summed E-state index contributed by atoms with van der Waals surface area (Å²) in [5.41, 5.74) is -0.240. The van der Waals surface area contributed by atoms with E-state index in [0.717, 1.165) is 30.2 Å². The van der Waals surface area contributed by atoms with Crippen molar-refractivity contribution >= 4 is 11.7 Å². The van der Waals surface area contributed by atoms with Crippen LogP contribution in [0.5, 0.6) is 5.75 Å². The molecule has 0 radical (unpaired) electrons. The van der Waals surface area contributed by atoms with Gasteiger partial charge in [0.25, 0.3) is 5.91 Å². The molecular formula is C23H22F3N3O3. The monoisotopic (exact) mass is 445 g/mol. The second kappa shape index (κ2) is 9.04. The Hall–Kier alpha value is -3.33. The zero-order valence-corrected chi connectivity index (χ0v) is 17.4. The van der Waals surface area contributed by atoms with E-state index >= 15 is 0 Å². The van der Waals surface area contributed by atoms with E-state index in [1.54, 1.807) is 31.2 Å². The minimum Gasteiger partial charge on any atom is -0.491 e. The Bertz CT molecular complexity index is 1110. The highest BCUT2D eigenvalue weighted by Crippen LogP contribution is 2.34. The fourth-order valence-electron chi connectivity index (χ4n) is 3.55. The van der Waals surface area contributed by atoms with Crippen LogP contribution in [0.2, 0.25) is 0 Å². The highest BCUT2D eigenvalue weighted by molar-refractivity contribution is 6.04. The number of ether oxygens (including phenoxy) is 2. The molecule has 0 bridgehead atoms. The number of nitrogens with one attached hydrogen (secondary N) is 1. The molecular weight excluding hydrogens is 423 g/mol. The maximum absolute atomic E-state index is 13.5. The van der Waals surface area contributed by atoms with Crippen molar-refractivity contribution in [2.24, 2.45) is 0 Å². The number of benzene rings is 2. The van der Waals surface area contributed by atoms with Crippen LogP contribution < -0.4 is 10.1 Å². The van der Waals surface area contributed by atoms with E-state index in [1.165, 1.54) is 24.3 Å². The fourth-order valence-corrected chi connectivity index (χ4v) is 3.55. The molecule has 1 N–H and O–H groups in total. The molecule has 32 heavy (non-hydrogen) atoms. The van der Waals surface area contributed by atoms with E-state index in [9.17, 15) is 18.0 Å². The Morgan fingerprint density at radius 3 is 2.78 bits per heavy atom. The van der Waals surface area contributed by atoms with Crippen LogP contribution in [-0.2, 0) is 10.9 Å². The normalized spacial score (nSPS) is 16.2. The summed E-state index contributed by atoms with van der Waals surface area (Å²) < 4.78 is 52.8. The molecule has 1 saturated heterocycles. The van der Waals surface area contributed by atoms with Gasteiger partial charge in [0, 0.05) is 18.2 Å². The molecule has 2 heterocycles. The summed E-state index contributed by atoms with van der Waals surface area (Å²) in [4.78, 5) is 12.8. The van der Waals surface area contributed by atoms with Gasteiger partial charge in [-0.3, -0.25) is 4.79 Å². The quantitative estimate of drug-likeness (QED) is 0.579. The topological polar surface area (TPSA) is 65.4 Å². The molecule has 3 aromatic rings. The predicted molar refractivity (Wildman–Crippen MR) is 112 cm³/mol. The number of anilines is 1. The van der Waals surface area contributed by atoms with Crippen molar-refractivity contribution < 1.29 is 27.4 Å². The molecule has 0 aliphatic carbocycles. The molecule has 2 aromatic carbocycles. The predicted octanol–water partition coefficient (Wildman–Crippen LogP) is 5.01. The van der Waals surface area contributed by atoms with Gasteiger partial charge in [-0.1, -0.05) is 18.2 Å². The minimum atomic E-state index is -4.56. The number of para-hydroxylation sites is 1. The maximum Gasteiger partial charge on any atom is 0.418 e. The first-order valence-electron chi connectivity index (χ1n) is 10.2. The second-order valence-corrected chi connectivity index (χ2v) is 7.53. The molecule has 4 rings (SSSR count). The van der Waals surface area contributed by atoms with Gasteiger partial charge in [0.1, 0.15) is 18.2 Å². The van der Waals surface area contributed by atoms with Crippen molar-refractivity contribution in [3.8, 4) is 11.4 Å². The molecule has 1 atom stereocenters. The van der Waals surface area contributed by atoms with Crippen molar-refractivity contribution in [1.29, 1.82) is 0 Å². The van der Waals surface area contributed by atoms with E-state index < -0.39 is 17.6 Å². The van der Waals surface area contributed by atoms with Crippen molar-refractivity contribution in [3.05, 3.63) is 71.4 Å². The van der Waals surface area contributed by atoms with Gasteiger partial charge in [-0.15, -0.1) is 0 Å². The van der Waals surface area contributed by atoms with Gasteiger partial charge in [0.15, 0.2) is 0 Å². The molecule has 168 valence electrons. The zero-order valence-electron chi connectivity index (χ0n) is 17.4. The number of nitrogens with zero attached hydrogens (tertiary/aromatic N) is 2. The Morgan fingerprint density at radius 1 is 1.22 bits per heavy atom. The number of alkyl halides is 3. The highest BCUT2D eigenvalue weighted by atomic mass is 19.4. The molecule has 0 spiro atoms. The number of hydrogen-bond acceptors (Lipinski definition) is 4. The van der Waals surface area contributed by atoms with Crippen molar-refractivity contribution in [2.75, 3.05) is 18.5 Å². The first-order valence-corrected chi connectivity index (χ1v) is 10.2. The van der Waals surface area contributed by atoms with E-state index in [2.05, 4.69) is 10.4 Å². The molecule has 1 aliphatic heterocycles. The lowest BCUT2D eigenvalue weighted by molar-refractivity contribution is -0.137. The van der Waals surface area contributed by atoms with Crippen LogP contribution in [0.25, 0.3) is 5.69 Å². The minimum absolute atomic E-state index is 0.0403. The van der Waals surface area contributed by atoms with Crippen molar-refractivity contribution in [2.45, 2.75) is 32.0 Å². The number of aromatic nitrogens is 2. The van der Waals surface area contributed by atoms with Gasteiger partial charge in [-0.25, -0.2) is 4.68 Å². The summed E-state index contributed by atoms with van der Waals surface area (Å²) in [6.45, 7) is 2.76. The van der Waals surface area contributed by atoms with Gasteiger partial charge >= 0.3 is 6.18 Å². The van der Waals surface area contributed by atoms with Gasteiger partial charge in [-0.05, 0) is 50.1 Å². The summed E-state index contributed by atoms with van der Waals surface area (Å²) >= 11 is 0. The summed E-state index contributed by atoms with van der Waals surface area (Å²) in [5, 5.41) is 6.82. The third kappa shape index (κ3) is 4.94. The number of aryl methyl sites for hydroxylation is 1. The standard InChI is InChI=1S/C23H22F3N3O3/c1-15-12-21(29(28-15)20-10-3-2-9-19(20)23(24,25)26)27-22(30)16-6-4-7-17(13-16)32-14-18-8-5-11-31-18/h2-4,6-7,9-10,12-13,18H,5,8,11,14H2,1H3,(H,27,30). The maximum atomic E-state index is 13.5. The molecule has 1 fully saturated rings. The number of amides is 1. The Balaban J connectivity index is 1.55. The van der Waals surface area contributed by atoms with Gasteiger partial charge < -0.3 is 14.8 Å². The first kappa shape index (κ1) is 21.9. The number of carbonyl (C=O) groups is 1. The molecule has 0 saturated carbocycles. The van der Waals surface area contributed by atoms with Crippen LogP contribution in [0, 0.1) is 6.92 Å². The van der Waals surface area contributed by atoms with Gasteiger partial charge in [0.05, 0.1) is 23.0 Å². The lowest BCUT2D eigenvalue weighted by Gasteiger charge is -2.15. The van der Waals surface area contributed by atoms with E-state index in [1.807, 2.05) is 0 Å². The first-order chi connectivity index (χ1) is 15.3.